The van der Waals surface area contributed by atoms with E-state index in [2.05, 4.69) is 25.1 Å². The highest BCUT2D eigenvalue weighted by atomic mass is 16.4. The maximum absolute atomic E-state index is 10.7. The zero-order chi connectivity index (χ0) is 24.9. The van der Waals surface area contributed by atoms with Gasteiger partial charge in [-0.05, 0) is 68.1 Å². The third-order valence-electron chi connectivity index (χ3n) is 6.76. The Morgan fingerprint density at radius 3 is 1.53 bits per heavy atom. The molecule has 0 saturated carbocycles. The molecule has 4 nitrogen and oxygen atoms in total. The zero-order valence-corrected chi connectivity index (χ0v) is 21.8. The highest BCUT2D eigenvalue weighted by molar-refractivity contribution is 5.66. The summed E-state index contributed by atoms with van der Waals surface area (Å²) in [6, 6.07) is 6.96. The van der Waals surface area contributed by atoms with Crippen molar-refractivity contribution in [1.82, 2.24) is 0 Å². The van der Waals surface area contributed by atoms with Crippen LogP contribution >= 0.6 is 0 Å². The molecule has 0 radical (unpaired) electrons. The van der Waals surface area contributed by atoms with Gasteiger partial charge in [0.15, 0.2) is 0 Å². The predicted octanol–water partition coefficient (Wildman–Crippen LogP) is 8.53. The molecule has 0 saturated heterocycles. The van der Waals surface area contributed by atoms with Crippen LogP contribution < -0.4 is 0 Å². The third kappa shape index (κ3) is 16.7. The maximum atomic E-state index is 10.7. The van der Waals surface area contributed by atoms with Crippen LogP contribution in [-0.4, -0.2) is 22.2 Å². The van der Waals surface area contributed by atoms with E-state index >= 15 is 0 Å². The number of rotatable bonds is 23. The van der Waals surface area contributed by atoms with E-state index in [0.29, 0.717) is 0 Å². The van der Waals surface area contributed by atoms with Gasteiger partial charge in [0.1, 0.15) is 0 Å². The molecule has 0 amide bonds. The summed E-state index contributed by atoms with van der Waals surface area (Å²) in [4.78, 5) is 21.5. The first kappa shape index (κ1) is 30.2. The molecule has 1 aromatic rings. The van der Waals surface area contributed by atoms with Crippen LogP contribution in [0.1, 0.15) is 139 Å². The van der Waals surface area contributed by atoms with Crippen LogP contribution in [0.5, 0.6) is 0 Å². The lowest BCUT2D eigenvalue weighted by Gasteiger charge is -2.13. The minimum Gasteiger partial charge on any atom is -0.481 e. The summed E-state index contributed by atoms with van der Waals surface area (Å²) >= 11 is 0. The summed E-state index contributed by atoms with van der Waals surface area (Å²) < 4.78 is 0. The average Bonchev–Trinajstić information content (AvgIpc) is 2.80. The van der Waals surface area contributed by atoms with E-state index in [1.807, 2.05) is 0 Å². The molecule has 1 aromatic carbocycles. The lowest BCUT2D eigenvalue weighted by molar-refractivity contribution is -0.138. The van der Waals surface area contributed by atoms with E-state index in [9.17, 15) is 9.59 Å². The normalized spacial score (nSPS) is 11.1. The van der Waals surface area contributed by atoms with Crippen molar-refractivity contribution in [2.24, 2.45) is 0 Å². The van der Waals surface area contributed by atoms with Gasteiger partial charge >= 0.3 is 11.9 Å². The Balaban J connectivity index is 2.41. The molecule has 1 rings (SSSR count). The summed E-state index contributed by atoms with van der Waals surface area (Å²) in [6.45, 7) is 2.27. The van der Waals surface area contributed by atoms with Crippen molar-refractivity contribution in [2.45, 2.75) is 142 Å². The van der Waals surface area contributed by atoms with Crippen LogP contribution in [-0.2, 0) is 28.9 Å². The lowest BCUT2D eigenvalue weighted by atomic mass is 9.93. The van der Waals surface area contributed by atoms with Crippen LogP contribution in [0.15, 0.2) is 18.2 Å². The minimum absolute atomic E-state index is 0.258. The van der Waals surface area contributed by atoms with Gasteiger partial charge in [0, 0.05) is 12.8 Å². The largest absolute Gasteiger partial charge is 0.481 e. The topological polar surface area (TPSA) is 74.6 Å². The van der Waals surface area contributed by atoms with E-state index in [-0.39, 0.29) is 12.8 Å². The van der Waals surface area contributed by atoms with E-state index in [1.54, 1.807) is 0 Å². The average molecular weight is 475 g/mol. The second-order valence-electron chi connectivity index (χ2n) is 9.94. The van der Waals surface area contributed by atoms with Crippen molar-refractivity contribution in [3.05, 3.63) is 34.9 Å². The van der Waals surface area contributed by atoms with Gasteiger partial charge in [-0.15, -0.1) is 0 Å². The summed E-state index contributed by atoms with van der Waals surface area (Å²) in [5, 5.41) is 17.7. The number of aliphatic carboxylic acids is 2. The van der Waals surface area contributed by atoms with Crippen molar-refractivity contribution in [2.75, 3.05) is 0 Å². The second-order valence-corrected chi connectivity index (χ2v) is 9.94. The highest BCUT2D eigenvalue weighted by Crippen LogP contribution is 2.21. The molecule has 0 bridgehead atoms. The van der Waals surface area contributed by atoms with E-state index in [1.165, 1.54) is 80.9 Å². The number of carboxylic acids is 2. The number of unbranched alkanes of at least 4 members (excludes halogenated alkanes) is 13. The summed E-state index contributed by atoms with van der Waals surface area (Å²) in [5.41, 5.74) is 4.23. The molecule has 0 aromatic heterocycles. The van der Waals surface area contributed by atoms with E-state index in [0.717, 1.165) is 57.8 Å². The standard InChI is InChI=1S/C30H50O4/c1-2-3-4-5-6-7-8-9-10-13-18-26-23-24-27(19-14-11-16-21-29(31)32)28(25-26)20-15-12-17-22-30(33)34/h23-25H,2-22H2,1H3,(H,31,32)(H,33,34). The Morgan fingerprint density at radius 2 is 1.00 bits per heavy atom. The van der Waals surface area contributed by atoms with Gasteiger partial charge in [-0.2, -0.15) is 0 Å². The molecule has 34 heavy (non-hydrogen) atoms. The number of aryl methyl sites for hydroxylation is 3. The molecule has 0 unspecified atom stereocenters. The van der Waals surface area contributed by atoms with Crippen molar-refractivity contribution in [3.8, 4) is 0 Å². The predicted molar refractivity (Wildman–Crippen MR) is 142 cm³/mol. The van der Waals surface area contributed by atoms with E-state index < -0.39 is 11.9 Å². The highest BCUT2D eigenvalue weighted by Gasteiger charge is 2.07. The number of carboxylic acid groups (broad SMARTS) is 2. The fourth-order valence-electron chi connectivity index (χ4n) is 4.66. The molecule has 0 aliphatic carbocycles. The third-order valence-corrected chi connectivity index (χ3v) is 6.76. The Bertz CT molecular complexity index is 668. The summed E-state index contributed by atoms with van der Waals surface area (Å²) in [6.07, 6.45) is 22.7. The van der Waals surface area contributed by atoms with Crippen molar-refractivity contribution in [1.29, 1.82) is 0 Å². The van der Waals surface area contributed by atoms with Gasteiger partial charge in [-0.1, -0.05) is 95.8 Å². The SMILES string of the molecule is CCCCCCCCCCCCc1ccc(CCCCCC(=O)O)c(CCCCCC(=O)O)c1. The first-order valence-electron chi connectivity index (χ1n) is 14.1. The molecule has 0 aliphatic rings. The smallest absolute Gasteiger partial charge is 0.303 e. The fraction of sp³-hybridized carbons (Fsp3) is 0.733. The van der Waals surface area contributed by atoms with Crippen molar-refractivity contribution >= 4 is 11.9 Å². The first-order valence-corrected chi connectivity index (χ1v) is 14.1. The molecule has 0 heterocycles. The molecule has 2 N–H and O–H groups in total. The number of benzene rings is 1. The van der Waals surface area contributed by atoms with Crippen LogP contribution in [0.3, 0.4) is 0 Å². The summed E-state index contributed by atoms with van der Waals surface area (Å²) in [5.74, 6) is -1.42. The maximum Gasteiger partial charge on any atom is 0.303 e. The number of carbonyl (C=O) groups is 2. The Morgan fingerprint density at radius 1 is 0.559 bits per heavy atom. The number of hydrogen-bond donors (Lipinski definition) is 2. The molecular weight excluding hydrogens is 424 g/mol. The fourth-order valence-corrected chi connectivity index (χ4v) is 4.66. The van der Waals surface area contributed by atoms with Gasteiger partial charge in [0.2, 0.25) is 0 Å². The van der Waals surface area contributed by atoms with Gasteiger partial charge in [0.05, 0.1) is 0 Å². The van der Waals surface area contributed by atoms with Gasteiger partial charge in [-0.25, -0.2) is 0 Å². The Labute approximate surface area is 208 Å². The van der Waals surface area contributed by atoms with Crippen molar-refractivity contribution in [3.63, 3.8) is 0 Å². The second kappa shape index (κ2) is 20.5. The molecule has 194 valence electrons. The summed E-state index contributed by atoms with van der Waals surface area (Å²) in [7, 11) is 0. The molecule has 4 heteroatoms. The van der Waals surface area contributed by atoms with E-state index in [4.69, 9.17) is 10.2 Å². The van der Waals surface area contributed by atoms with Crippen LogP contribution in [0.2, 0.25) is 0 Å². The minimum atomic E-state index is -0.710. The monoisotopic (exact) mass is 474 g/mol. The molecule has 0 aliphatic heterocycles. The van der Waals surface area contributed by atoms with Crippen LogP contribution in [0.25, 0.3) is 0 Å². The first-order chi connectivity index (χ1) is 16.5. The Hall–Kier alpha value is -1.84. The molecular formula is C30H50O4. The van der Waals surface area contributed by atoms with Gasteiger partial charge < -0.3 is 10.2 Å². The zero-order valence-electron chi connectivity index (χ0n) is 21.8. The number of hydrogen-bond acceptors (Lipinski definition) is 2. The van der Waals surface area contributed by atoms with Gasteiger partial charge in [-0.3, -0.25) is 9.59 Å². The Kier molecular flexibility index (Phi) is 18.2. The van der Waals surface area contributed by atoms with Crippen LogP contribution in [0, 0.1) is 0 Å². The molecule has 0 atom stereocenters. The van der Waals surface area contributed by atoms with Crippen molar-refractivity contribution < 1.29 is 19.8 Å². The van der Waals surface area contributed by atoms with Crippen LogP contribution in [0.4, 0.5) is 0 Å². The van der Waals surface area contributed by atoms with Gasteiger partial charge in [0.25, 0.3) is 0 Å². The lowest BCUT2D eigenvalue weighted by Crippen LogP contribution is -2.00. The molecule has 0 spiro atoms. The molecule has 0 fully saturated rings. The quantitative estimate of drug-likeness (QED) is 0.156.